The van der Waals surface area contributed by atoms with Gasteiger partial charge in [-0.05, 0) is 37.7 Å². The number of hydrogen-bond donors (Lipinski definition) is 1. The molecule has 1 aromatic rings. The van der Waals surface area contributed by atoms with Crippen molar-refractivity contribution < 1.29 is 14.6 Å². The number of likely N-dealkylation sites (tertiary alicyclic amines) is 1. The molecule has 23 heavy (non-hydrogen) atoms. The van der Waals surface area contributed by atoms with Crippen LogP contribution in [0, 0.1) is 5.92 Å². The maximum Gasteiger partial charge on any atom is 0.251 e. The van der Waals surface area contributed by atoms with Crippen LogP contribution in [-0.4, -0.2) is 41.7 Å². The summed E-state index contributed by atoms with van der Waals surface area (Å²) in [6, 6.07) is 9.75. The molecule has 2 atom stereocenters. The molecule has 4 nitrogen and oxygen atoms in total. The van der Waals surface area contributed by atoms with Gasteiger partial charge in [0.1, 0.15) is 6.10 Å². The van der Waals surface area contributed by atoms with E-state index in [9.17, 15) is 9.90 Å². The van der Waals surface area contributed by atoms with Crippen molar-refractivity contribution in [2.45, 2.75) is 38.4 Å². The standard InChI is InChI=1S/C19H27NO3/c1-3-4-14-23-15(2)19(22)20-12-10-17(11-13-20)18(21)16-8-6-5-7-9-16/h3,5-9,15,17-18,21H,1,4,10-14H2,2H3. The normalized spacial score (nSPS) is 18.4. The fourth-order valence-electron chi connectivity index (χ4n) is 3.01. The van der Waals surface area contributed by atoms with E-state index < -0.39 is 12.2 Å². The first-order valence-electron chi connectivity index (χ1n) is 8.37. The second kappa shape index (κ2) is 8.85. The molecule has 0 aliphatic carbocycles. The summed E-state index contributed by atoms with van der Waals surface area (Å²) in [5.74, 6) is 0.250. The molecule has 1 N–H and O–H groups in total. The van der Waals surface area contributed by atoms with E-state index in [-0.39, 0.29) is 11.8 Å². The summed E-state index contributed by atoms with van der Waals surface area (Å²) in [5, 5.41) is 10.5. The lowest BCUT2D eigenvalue weighted by Gasteiger charge is -2.35. The average Bonchev–Trinajstić information content (AvgIpc) is 2.61. The summed E-state index contributed by atoms with van der Waals surface area (Å²) in [7, 11) is 0. The van der Waals surface area contributed by atoms with Gasteiger partial charge in [-0.1, -0.05) is 36.4 Å². The molecule has 0 bridgehead atoms. The van der Waals surface area contributed by atoms with Crippen molar-refractivity contribution in [2.75, 3.05) is 19.7 Å². The number of aliphatic hydroxyl groups is 1. The Bertz CT molecular complexity index is 495. The van der Waals surface area contributed by atoms with Crippen molar-refractivity contribution in [3.63, 3.8) is 0 Å². The third-order valence-electron chi connectivity index (χ3n) is 4.48. The Morgan fingerprint density at radius 1 is 1.39 bits per heavy atom. The van der Waals surface area contributed by atoms with Gasteiger partial charge in [-0.25, -0.2) is 0 Å². The molecule has 1 aliphatic rings. The number of aliphatic hydroxyl groups excluding tert-OH is 1. The maximum atomic E-state index is 12.4. The Morgan fingerprint density at radius 2 is 2.04 bits per heavy atom. The Balaban J connectivity index is 1.81. The molecule has 1 aromatic carbocycles. The summed E-state index contributed by atoms with van der Waals surface area (Å²) in [4.78, 5) is 14.2. The zero-order valence-electron chi connectivity index (χ0n) is 13.9. The van der Waals surface area contributed by atoms with Gasteiger partial charge in [0, 0.05) is 13.1 Å². The highest BCUT2D eigenvalue weighted by atomic mass is 16.5. The summed E-state index contributed by atoms with van der Waals surface area (Å²) >= 11 is 0. The predicted octanol–water partition coefficient (Wildman–Crippen LogP) is 2.94. The Hall–Kier alpha value is -1.65. The minimum atomic E-state index is -0.449. The Morgan fingerprint density at radius 3 is 2.65 bits per heavy atom. The van der Waals surface area contributed by atoms with E-state index in [0.717, 1.165) is 24.8 Å². The monoisotopic (exact) mass is 317 g/mol. The number of carbonyl (C=O) groups is 1. The Labute approximate surface area is 138 Å². The molecular formula is C19H27NO3. The number of piperidine rings is 1. The van der Waals surface area contributed by atoms with Gasteiger partial charge in [-0.2, -0.15) is 0 Å². The van der Waals surface area contributed by atoms with E-state index in [0.29, 0.717) is 19.7 Å². The fourth-order valence-corrected chi connectivity index (χ4v) is 3.01. The molecule has 1 amide bonds. The van der Waals surface area contributed by atoms with Gasteiger partial charge >= 0.3 is 0 Å². The lowest BCUT2D eigenvalue weighted by atomic mass is 9.87. The van der Waals surface area contributed by atoms with Gasteiger partial charge in [0.25, 0.3) is 5.91 Å². The molecule has 2 rings (SSSR count). The van der Waals surface area contributed by atoms with Crippen molar-refractivity contribution in [3.8, 4) is 0 Å². The summed E-state index contributed by atoms with van der Waals surface area (Å²) < 4.78 is 5.53. The number of carbonyl (C=O) groups excluding carboxylic acids is 1. The van der Waals surface area contributed by atoms with Crippen LogP contribution in [0.3, 0.4) is 0 Å². The van der Waals surface area contributed by atoms with Crippen molar-refractivity contribution in [2.24, 2.45) is 5.92 Å². The topological polar surface area (TPSA) is 49.8 Å². The van der Waals surface area contributed by atoms with Crippen LogP contribution in [0.4, 0.5) is 0 Å². The lowest BCUT2D eigenvalue weighted by molar-refractivity contribution is -0.144. The molecule has 2 unspecified atom stereocenters. The van der Waals surface area contributed by atoms with Gasteiger partial charge in [0.05, 0.1) is 12.7 Å². The highest BCUT2D eigenvalue weighted by Gasteiger charge is 2.30. The van der Waals surface area contributed by atoms with Gasteiger partial charge in [0.2, 0.25) is 0 Å². The van der Waals surface area contributed by atoms with Gasteiger partial charge in [0.15, 0.2) is 0 Å². The second-order valence-electron chi connectivity index (χ2n) is 6.11. The van der Waals surface area contributed by atoms with Crippen LogP contribution < -0.4 is 0 Å². The van der Waals surface area contributed by atoms with Crippen molar-refractivity contribution in [1.82, 2.24) is 4.90 Å². The maximum absolute atomic E-state index is 12.4. The van der Waals surface area contributed by atoms with Crippen LogP contribution >= 0.6 is 0 Å². The average molecular weight is 317 g/mol. The molecule has 1 aliphatic heterocycles. The van der Waals surface area contributed by atoms with Crippen molar-refractivity contribution in [3.05, 3.63) is 48.6 Å². The smallest absolute Gasteiger partial charge is 0.251 e. The third-order valence-corrected chi connectivity index (χ3v) is 4.48. The molecule has 1 fully saturated rings. The number of amides is 1. The first-order valence-corrected chi connectivity index (χ1v) is 8.37. The molecule has 0 aromatic heterocycles. The van der Waals surface area contributed by atoms with E-state index in [1.54, 1.807) is 13.0 Å². The third kappa shape index (κ3) is 4.91. The van der Waals surface area contributed by atoms with E-state index in [1.165, 1.54) is 0 Å². The first-order chi connectivity index (χ1) is 11.1. The number of hydrogen-bond acceptors (Lipinski definition) is 3. The van der Waals surface area contributed by atoms with Crippen LogP contribution in [0.25, 0.3) is 0 Å². The van der Waals surface area contributed by atoms with Crippen LogP contribution in [-0.2, 0) is 9.53 Å². The molecule has 1 saturated heterocycles. The molecule has 1 heterocycles. The van der Waals surface area contributed by atoms with Gasteiger partial charge in [-0.3, -0.25) is 4.79 Å². The van der Waals surface area contributed by atoms with Crippen LogP contribution in [0.5, 0.6) is 0 Å². The van der Waals surface area contributed by atoms with E-state index >= 15 is 0 Å². The van der Waals surface area contributed by atoms with Crippen LogP contribution in [0.1, 0.15) is 37.9 Å². The number of rotatable bonds is 7. The highest BCUT2D eigenvalue weighted by molar-refractivity contribution is 5.80. The number of nitrogens with zero attached hydrogens (tertiary/aromatic N) is 1. The number of benzene rings is 1. The molecule has 126 valence electrons. The molecular weight excluding hydrogens is 290 g/mol. The first kappa shape index (κ1) is 17.7. The predicted molar refractivity (Wildman–Crippen MR) is 90.9 cm³/mol. The van der Waals surface area contributed by atoms with Gasteiger partial charge in [-0.15, -0.1) is 6.58 Å². The summed E-state index contributed by atoms with van der Waals surface area (Å²) in [5.41, 5.74) is 0.957. The van der Waals surface area contributed by atoms with Gasteiger partial charge < -0.3 is 14.7 Å². The minimum Gasteiger partial charge on any atom is -0.388 e. The molecule has 0 saturated carbocycles. The second-order valence-corrected chi connectivity index (χ2v) is 6.11. The molecule has 0 radical (unpaired) electrons. The van der Waals surface area contributed by atoms with E-state index in [1.807, 2.05) is 35.2 Å². The SMILES string of the molecule is C=CCCOC(C)C(=O)N1CCC(C(O)c2ccccc2)CC1. The van der Waals surface area contributed by atoms with Crippen LogP contribution in [0.15, 0.2) is 43.0 Å². The largest absolute Gasteiger partial charge is 0.388 e. The minimum absolute atomic E-state index is 0.0433. The van der Waals surface area contributed by atoms with E-state index in [2.05, 4.69) is 6.58 Å². The molecule has 0 spiro atoms. The Kier molecular flexibility index (Phi) is 6.81. The summed E-state index contributed by atoms with van der Waals surface area (Å²) in [6.07, 6.45) is 3.32. The van der Waals surface area contributed by atoms with Crippen molar-refractivity contribution >= 4 is 5.91 Å². The lowest BCUT2D eigenvalue weighted by Crippen LogP contribution is -2.44. The summed E-state index contributed by atoms with van der Waals surface area (Å²) in [6.45, 7) is 7.34. The quantitative estimate of drug-likeness (QED) is 0.621. The highest BCUT2D eigenvalue weighted by Crippen LogP contribution is 2.30. The zero-order chi connectivity index (χ0) is 16.7. The van der Waals surface area contributed by atoms with Crippen LogP contribution in [0.2, 0.25) is 0 Å². The van der Waals surface area contributed by atoms with Crippen molar-refractivity contribution in [1.29, 1.82) is 0 Å². The molecule has 4 heteroatoms. The number of ether oxygens (including phenoxy) is 1. The fraction of sp³-hybridized carbons (Fsp3) is 0.526. The van der Waals surface area contributed by atoms with E-state index in [4.69, 9.17) is 4.74 Å². The zero-order valence-corrected chi connectivity index (χ0v) is 13.9.